The predicted octanol–water partition coefficient (Wildman–Crippen LogP) is 4.48. The molecule has 0 saturated carbocycles. The fraction of sp³-hybridized carbons (Fsp3) is 0.465. The molecule has 3 amide bonds. The number of ether oxygens (including phenoxy) is 3. The number of thiazole rings is 1. The molecule has 1 unspecified atom stereocenters. The Morgan fingerprint density at radius 3 is 2.44 bits per heavy atom. The number of rotatable bonds is 19. The first-order valence-electron chi connectivity index (χ1n) is 20.6. The van der Waals surface area contributed by atoms with E-state index in [0.29, 0.717) is 79.4 Å². The maximum absolute atomic E-state index is 13.0. The van der Waals surface area contributed by atoms with Crippen LogP contribution in [0.15, 0.2) is 53.5 Å². The van der Waals surface area contributed by atoms with E-state index < -0.39 is 11.9 Å². The van der Waals surface area contributed by atoms with Crippen LogP contribution in [0.3, 0.4) is 0 Å². The lowest BCUT2D eigenvalue weighted by molar-refractivity contribution is -0.135. The first kappa shape index (κ1) is 44.0. The molecule has 61 heavy (non-hydrogen) atoms. The molecule has 3 aromatic heterocycles. The van der Waals surface area contributed by atoms with E-state index in [2.05, 4.69) is 30.4 Å². The van der Waals surface area contributed by atoms with Crippen molar-refractivity contribution in [1.82, 2.24) is 34.3 Å². The van der Waals surface area contributed by atoms with Gasteiger partial charge in [0.25, 0.3) is 5.91 Å². The summed E-state index contributed by atoms with van der Waals surface area (Å²) in [5.41, 5.74) is 4.60. The molecule has 0 aliphatic carbocycles. The molecule has 16 nitrogen and oxygen atoms in total. The van der Waals surface area contributed by atoms with E-state index in [0.717, 1.165) is 78.7 Å². The van der Waals surface area contributed by atoms with Gasteiger partial charge < -0.3 is 24.4 Å². The molecular formula is C43H52ClN9O7S. The van der Waals surface area contributed by atoms with Crippen LogP contribution in [-0.4, -0.2) is 119 Å². The number of imidazole rings is 1. The normalized spacial score (nSPS) is 16.1. The number of imide groups is 1. The second-order valence-corrected chi connectivity index (χ2v) is 16.7. The van der Waals surface area contributed by atoms with Crippen molar-refractivity contribution in [2.75, 3.05) is 82.6 Å². The van der Waals surface area contributed by atoms with Gasteiger partial charge in [0, 0.05) is 65.3 Å². The number of fused-ring (bicyclic) bond motifs is 1. The number of aromatic nitrogens is 5. The number of piperidine rings is 1. The highest BCUT2D eigenvalue weighted by atomic mass is 35.5. The van der Waals surface area contributed by atoms with Gasteiger partial charge in [0.2, 0.25) is 11.8 Å². The minimum absolute atomic E-state index is 0.211. The van der Waals surface area contributed by atoms with Gasteiger partial charge >= 0.3 is 5.69 Å². The van der Waals surface area contributed by atoms with Gasteiger partial charge in [-0.2, -0.15) is 0 Å². The Kier molecular flexibility index (Phi) is 14.9. The van der Waals surface area contributed by atoms with Crippen molar-refractivity contribution < 1.29 is 28.6 Å². The topological polar surface area (TPSA) is 175 Å². The Balaban J connectivity index is 0.737. The fourth-order valence-corrected chi connectivity index (χ4v) is 8.69. The fourth-order valence-electron chi connectivity index (χ4n) is 7.59. The van der Waals surface area contributed by atoms with Crippen LogP contribution < -0.4 is 21.2 Å². The van der Waals surface area contributed by atoms with Crippen LogP contribution in [-0.2, 0) is 43.7 Å². The zero-order valence-electron chi connectivity index (χ0n) is 34.8. The summed E-state index contributed by atoms with van der Waals surface area (Å²) in [4.78, 5) is 69.1. The Hall–Kier alpha value is -5.04. The lowest BCUT2D eigenvalue weighted by Gasteiger charge is -2.35. The first-order chi connectivity index (χ1) is 29.5. The molecule has 0 spiro atoms. The first-order valence-corrected chi connectivity index (χ1v) is 21.8. The van der Waals surface area contributed by atoms with Gasteiger partial charge in [0.1, 0.15) is 22.6 Å². The molecular weight excluding hydrogens is 822 g/mol. The van der Waals surface area contributed by atoms with Crippen molar-refractivity contribution in [2.24, 2.45) is 7.05 Å². The molecule has 18 heteroatoms. The van der Waals surface area contributed by atoms with Gasteiger partial charge in [-0.1, -0.05) is 29.8 Å². The zero-order chi connectivity index (χ0) is 42.9. The van der Waals surface area contributed by atoms with Crippen LogP contribution in [0.2, 0.25) is 5.02 Å². The number of para-hydroxylation sites is 1. The number of piperazine rings is 1. The molecule has 1 atom stereocenters. The molecule has 2 aliphatic heterocycles. The summed E-state index contributed by atoms with van der Waals surface area (Å²) in [6.07, 6.45) is 4.22. The molecule has 7 rings (SSSR count). The van der Waals surface area contributed by atoms with Crippen LogP contribution in [0.1, 0.15) is 62.6 Å². The van der Waals surface area contributed by atoms with E-state index in [-0.39, 0.29) is 23.9 Å². The van der Waals surface area contributed by atoms with Crippen LogP contribution in [0.25, 0.3) is 11.0 Å². The third kappa shape index (κ3) is 11.3. The van der Waals surface area contributed by atoms with Crippen molar-refractivity contribution in [2.45, 2.75) is 52.0 Å². The Labute approximate surface area is 363 Å². The van der Waals surface area contributed by atoms with Gasteiger partial charge in [-0.25, -0.2) is 19.7 Å². The number of halogens is 1. The molecule has 2 saturated heterocycles. The van der Waals surface area contributed by atoms with E-state index >= 15 is 0 Å². The quantitative estimate of drug-likeness (QED) is 0.0881. The van der Waals surface area contributed by atoms with E-state index in [9.17, 15) is 19.2 Å². The van der Waals surface area contributed by atoms with E-state index in [1.54, 1.807) is 23.9 Å². The highest BCUT2D eigenvalue weighted by Gasteiger charge is 2.31. The van der Waals surface area contributed by atoms with Gasteiger partial charge in [-0.15, -0.1) is 11.3 Å². The molecule has 2 N–H and O–H groups in total. The number of carbonyl (C=O) groups excluding carboxylic acids is 3. The smallest absolute Gasteiger partial charge is 0.329 e. The number of nitrogens with one attached hydrogen (secondary N) is 2. The van der Waals surface area contributed by atoms with Crippen molar-refractivity contribution in [3.63, 3.8) is 0 Å². The third-order valence-corrected chi connectivity index (χ3v) is 12.2. The predicted molar refractivity (Wildman–Crippen MR) is 234 cm³/mol. The maximum atomic E-state index is 13.0. The monoisotopic (exact) mass is 873 g/mol. The molecule has 2 aromatic carbocycles. The van der Waals surface area contributed by atoms with Gasteiger partial charge in [-0.05, 0) is 62.4 Å². The third-order valence-electron chi connectivity index (χ3n) is 10.9. The minimum Gasteiger partial charge on any atom is -0.379 e. The number of carbonyl (C=O) groups is 3. The minimum atomic E-state index is -0.693. The highest BCUT2D eigenvalue weighted by molar-refractivity contribution is 7.13. The Morgan fingerprint density at radius 2 is 1.69 bits per heavy atom. The number of aryl methyl sites for hydroxylation is 4. The second kappa shape index (κ2) is 20.7. The van der Waals surface area contributed by atoms with Crippen molar-refractivity contribution >= 4 is 63.2 Å². The largest absolute Gasteiger partial charge is 0.379 e. The number of nitrogens with zero attached hydrogens (tertiary/aromatic N) is 7. The summed E-state index contributed by atoms with van der Waals surface area (Å²) in [6, 6.07) is 12.7. The van der Waals surface area contributed by atoms with E-state index in [1.165, 1.54) is 15.9 Å². The highest BCUT2D eigenvalue weighted by Crippen LogP contribution is 2.28. The van der Waals surface area contributed by atoms with Crippen LogP contribution in [0.4, 0.5) is 11.5 Å². The van der Waals surface area contributed by atoms with Crippen LogP contribution in [0, 0.1) is 13.8 Å². The van der Waals surface area contributed by atoms with Gasteiger partial charge in [0.05, 0.1) is 71.7 Å². The van der Waals surface area contributed by atoms with E-state index in [4.69, 9.17) is 30.8 Å². The van der Waals surface area contributed by atoms with Crippen LogP contribution >= 0.6 is 22.9 Å². The maximum Gasteiger partial charge on any atom is 0.329 e. The molecule has 0 radical (unpaired) electrons. The SMILES string of the molecule is Cc1nc(Cc2ncc(C(=O)Nc3c(C)cccc3Cl)s2)cc(N2CCN(CCOCCOCCOCCCc3ccc4c(c3)n(C)c(=O)n4C3CCC(=O)NC3=O)CC2)n1. The van der Waals surface area contributed by atoms with Crippen LogP contribution in [0.5, 0.6) is 0 Å². The molecule has 5 heterocycles. The lowest BCUT2D eigenvalue weighted by Crippen LogP contribution is -2.47. The molecule has 2 fully saturated rings. The summed E-state index contributed by atoms with van der Waals surface area (Å²) in [5, 5.41) is 6.55. The molecule has 5 aromatic rings. The summed E-state index contributed by atoms with van der Waals surface area (Å²) in [6.45, 7) is 11.4. The number of benzene rings is 2. The number of hydrogen-bond donors (Lipinski definition) is 2. The van der Waals surface area contributed by atoms with Crippen molar-refractivity contribution in [3.8, 4) is 0 Å². The number of hydrogen-bond acceptors (Lipinski definition) is 13. The average molecular weight is 874 g/mol. The van der Waals surface area contributed by atoms with Gasteiger partial charge in [0.15, 0.2) is 0 Å². The van der Waals surface area contributed by atoms with E-state index in [1.807, 2.05) is 50.2 Å². The summed E-state index contributed by atoms with van der Waals surface area (Å²) < 4.78 is 20.4. The molecule has 2 aliphatic rings. The lowest BCUT2D eigenvalue weighted by atomic mass is 10.1. The number of amides is 3. The number of anilines is 2. The average Bonchev–Trinajstić information content (AvgIpc) is 3.81. The molecule has 0 bridgehead atoms. The second-order valence-electron chi connectivity index (χ2n) is 15.2. The molecule has 324 valence electrons. The Bertz CT molecular complexity index is 2390. The Morgan fingerprint density at radius 1 is 0.934 bits per heavy atom. The summed E-state index contributed by atoms with van der Waals surface area (Å²) in [7, 11) is 1.70. The van der Waals surface area contributed by atoms with Crippen molar-refractivity contribution in [1.29, 1.82) is 0 Å². The zero-order valence-corrected chi connectivity index (χ0v) is 36.4. The summed E-state index contributed by atoms with van der Waals surface area (Å²) in [5.74, 6) is 0.611. The summed E-state index contributed by atoms with van der Waals surface area (Å²) >= 11 is 7.65. The van der Waals surface area contributed by atoms with Gasteiger partial charge in [-0.3, -0.25) is 33.7 Å². The van der Waals surface area contributed by atoms with Crippen molar-refractivity contribution in [3.05, 3.63) is 96.7 Å². The standard InChI is InChI=1S/C43H52ClN9O7S/c1-28-6-4-8-32(44)40(28)49-42(56)36-27-45-39(61-36)26-31-25-37(47-29(2)46-31)52-15-13-51(14-16-52)17-19-59-21-23-60-22-20-58-18-5-7-30-9-10-33-35(24-30)50(3)43(57)53(33)34-11-12-38(54)48-41(34)55/h4,6,8-10,24-25,27,34H,5,7,11-23,26H2,1-3H3,(H,49,56)(H,48,54,55).